The van der Waals surface area contributed by atoms with Gasteiger partial charge in [-0.3, -0.25) is 4.99 Å². The molecule has 62 heavy (non-hydrogen) atoms. The van der Waals surface area contributed by atoms with Gasteiger partial charge in [-0.05, 0) is 91.6 Å². The highest BCUT2D eigenvalue weighted by molar-refractivity contribution is 7.26. The molecule has 1 aliphatic rings. The molecule has 0 aliphatic heterocycles. The van der Waals surface area contributed by atoms with Crippen molar-refractivity contribution >= 4 is 37.2 Å². The highest BCUT2D eigenvalue weighted by atomic mass is 32.1. The molecule has 304 valence electrons. The Labute approximate surface area is 371 Å². The van der Waals surface area contributed by atoms with Gasteiger partial charge in [0.15, 0.2) is 0 Å². The van der Waals surface area contributed by atoms with Crippen molar-refractivity contribution in [3.05, 3.63) is 239 Å². The fraction of sp³-hybridized carbons (Fsp3) is 0.183. The molecule has 4 unspecified atom stereocenters. The van der Waals surface area contributed by atoms with Gasteiger partial charge in [0.05, 0.1) is 11.5 Å². The summed E-state index contributed by atoms with van der Waals surface area (Å²) in [5.74, 6) is 0.748. The number of fused-ring (bicyclic) bond motifs is 6. The van der Waals surface area contributed by atoms with Crippen molar-refractivity contribution < 1.29 is 0 Å². The molecule has 0 fully saturated rings. The van der Waals surface area contributed by atoms with Gasteiger partial charge in [0.2, 0.25) is 0 Å². The number of rotatable bonds is 12. The molecule has 1 aromatic heterocycles. The third kappa shape index (κ3) is 6.64. The van der Waals surface area contributed by atoms with E-state index in [0.717, 1.165) is 12.8 Å². The zero-order valence-corrected chi connectivity index (χ0v) is 36.9. The Morgan fingerprint density at radius 2 is 1.10 bits per heavy atom. The molecule has 8 aromatic carbocycles. The molecule has 0 N–H and O–H groups in total. The normalized spacial score (nSPS) is 15.2. The van der Waals surface area contributed by atoms with E-state index in [-0.39, 0.29) is 23.8 Å². The summed E-state index contributed by atoms with van der Waals surface area (Å²) in [6, 6.07) is 74.6. The van der Waals surface area contributed by atoms with E-state index < -0.39 is 5.41 Å². The maximum Gasteiger partial charge on any atom is 0.0784 e. The van der Waals surface area contributed by atoms with Crippen molar-refractivity contribution in [1.29, 1.82) is 0 Å². The maximum atomic E-state index is 6.20. The van der Waals surface area contributed by atoms with E-state index in [9.17, 15) is 0 Å². The molecule has 0 bridgehead atoms. The summed E-state index contributed by atoms with van der Waals surface area (Å²) < 4.78 is 2.65. The van der Waals surface area contributed by atoms with Crippen molar-refractivity contribution in [3.63, 3.8) is 0 Å². The summed E-state index contributed by atoms with van der Waals surface area (Å²) in [5.41, 5.74) is 14.9. The lowest BCUT2D eigenvalue weighted by Crippen LogP contribution is -2.29. The Balaban J connectivity index is 1.32. The average molecular weight is 820 g/mol. The third-order valence-electron chi connectivity index (χ3n) is 13.9. The standard InChI is InChI=1S/C60H53NS/c1-5-40(3)57(61-58(43-26-13-8-14-27-43)46(6-2)41(4)42-24-11-7-12-25-42)53-39-55-52(38-51(53)50-35-23-34-49-48-33-20-22-37-56(48)62-59(49)50)47-32-19-21-36-54(47)60(55,44-28-15-9-16-29-44)45-30-17-10-18-31-45/h7-41,46,57H,5-6H2,1-4H3. The molecule has 1 nitrogen and oxygen atoms in total. The molecule has 0 spiro atoms. The third-order valence-corrected chi connectivity index (χ3v) is 15.1. The molecular weight excluding hydrogens is 767 g/mol. The first kappa shape index (κ1) is 39.8. The van der Waals surface area contributed by atoms with E-state index in [4.69, 9.17) is 4.99 Å². The molecule has 0 radical (unpaired) electrons. The number of thiophene rings is 1. The molecule has 0 saturated carbocycles. The summed E-state index contributed by atoms with van der Waals surface area (Å²) in [5, 5.41) is 2.63. The minimum Gasteiger partial charge on any atom is -0.280 e. The van der Waals surface area contributed by atoms with Crippen LogP contribution in [-0.4, -0.2) is 5.71 Å². The second-order valence-electron chi connectivity index (χ2n) is 17.2. The molecular formula is C60H53NS. The van der Waals surface area contributed by atoms with E-state index in [2.05, 4.69) is 228 Å². The van der Waals surface area contributed by atoms with Gasteiger partial charge in [-0.25, -0.2) is 0 Å². The smallest absolute Gasteiger partial charge is 0.0784 e. The summed E-state index contributed by atoms with van der Waals surface area (Å²) in [6.45, 7) is 9.50. The van der Waals surface area contributed by atoms with Gasteiger partial charge in [-0.2, -0.15) is 0 Å². The predicted molar refractivity (Wildman–Crippen MR) is 266 cm³/mol. The molecule has 0 amide bonds. The van der Waals surface area contributed by atoms with E-state index in [1.165, 1.54) is 87.1 Å². The number of aliphatic imine (C=N–C) groups is 1. The van der Waals surface area contributed by atoms with Crippen LogP contribution in [0.1, 0.15) is 91.4 Å². The zero-order chi connectivity index (χ0) is 42.2. The largest absolute Gasteiger partial charge is 0.280 e. The number of hydrogen-bond donors (Lipinski definition) is 0. The lowest BCUT2D eigenvalue weighted by molar-refractivity contribution is 0.453. The van der Waals surface area contributed by atoms with E-state index in [0.29, 0.717) is 0 Å². The van der Waals surface area contributed by atoms with Crippen molar-refractivity contribution in [2.75, 3.05) is 0 Å². The van der Waals surface area contributed by atoms with Gasteiger partial charge in [0.1, 0.15) is 0 Å². The van der Waals surface area contributed by atoms with Crippen molar-refractivity contribution in [2.45, 2.75) is 57.9 Å². The van der Waals surface area contributed by atoms with Crippen molar-refractivity contribution in [1.82, 2.24) is 0 Å². The summed E-state index contributed by atoms with van der Waals surface area (Å²) >= 11 is 1.92. The molecule has 10 rings (SSSR count). The van der Waals surface area contributed by atoms with E-state index >= 15 is 0 Å². The van der Waals surface area contributed by atoms with Crippen LogP contribution in [0.3, 0.4) is 0 Å². The Morgan fingerprint density at radius 1 is 0.516 bits per heavy atom. The monoisotopic (exact) mass is 819 g/mol. The van der Waals surface area contributed by atoms with Gasteiger partial charge in [0, 0.05) is 31.8 Å². The van der Waals surface area contributed by atoms with Crippen LogP contribution < -0.4 is 0 Å². The number of benzene rings is 8. The fourth-order valence-electron chi connectivity index (χ4n) is 10.6. The van der Waals surface area contributed by atoms with Gasteiger partial charge in [-0.1, -0.05) is 222 Å². The highest BCUT2D eigenvalue weighted by Gasteiger charge is 2.47. The summed E-state index contributed by atoms with van der Waals surface area (Å²) in [7, 11) is 0. The summed E-state index contributed by atoms with van der Waals surface area (Å²) in [4.78, 5) is 6.20. The van der Waals surface area contributed by atoms with Gasteiger partial charge < -0.3 is 0 Å². The Bertz CT molecular complexity index is 2980. The first-order valence-electron chi connectivity index (χ1n) is 22.5. The molecule has 1 aliphatic carbocycles. The molecule has 2 heteroatoms. The topological polar surface area (TPSA) is 12.4 Å². The molecule has 1 heterocycles. The molecule has 0 saturated heterocycles. The van der Waals surface area contributed by atoms with Crippen molar-refractivity contribution in [3.8, 4) is 22.3 Å². The summed E-state index contributed by atoms with van der Waals surface area (Å²) in [6.07, 6.45) is 1.98. The number of nitrogens with zero attached hydrogens (tertiary/aromatic N) is 1. The minimum absolute atomic E-state index is 0.120. The first-order chi connectivity index (χ1) is 30.5. The minimum atomic E-state index is -0.523. The lowest BCUT2D eigenvalue weighted by atomic mass is 9.67. The van der Waals surface area contributed by atoms with Gasteiger partial charge in [0.25, 0.3) is 0 Å². The van der Waals surface area contributed by atoms with E-state index in [1.54, 1.807) is 0 Å². The highest BCUT2D eigenvalue weighted by Crippen LogP contribution is 2.58. The second kappa shape index (κ2) is 16.8. The quantitative estimate of drug-likeness (QED) is 0.109. The molecule has 4 atom stereocenters. The van der Waals surface area contributed by atoms with Crippen molar-refractivity contribution in [2.24, 2.45) is 16.8 Å². The number of hydrogen-bond acceptors (Lipinski definition) is 2. The average Bonchev–Trinajstić information content (AvgIpc) is 3.87. The first-order valence-corrected chi connectivity index (χ1v) is 23.3. The van der Waals surface area contributed by atoms with Crippen LogP contribution in [0, 0.1) is 11.8 Å². The maximum absolute atomic E-state index is 6.20. The van der Waals surface area contributed by atoms with Crippen LogP contribution in [0.2, 0.25) is 0 Å². The van der Waals surface area contributed by atoms with Crippen LogP contribution in [0.5, 0.6) is 0 Å². The van der Waals surface area contributed by atoms with Crippen LogP contribution >= 0.6 is 11.3 Å². The van der Waals surface area contributed by atoms with Crippen LogP contribution in [-0.2, 0) is 5.41 Å². The Hall–Kier alpha value is -6.35. The Kier molecular flexibility index (Phi) is 10.8. The van der Waals surface area contributed by atoms with Crippen LogP contribution in [0.25, 0.3) is 42.4 Å². The van der Waals surface area contributed by atoms with Gasteiger partial charge >= 0.3 is 0 Å². The van der Waals surface area contributed by atoms with Crippen LogP contribution in [0.15, 0.2) is 205 Å². The molecule has 9 aromatic rings. The predicted octanol–water partition coefficient (Wildman–Crippen LogP) is 16.5. The van der Waals surface area contributed by atoms with Crippen LogP contribution in [0.4, 0.5) is 0 Å². The van der Waals surface area contributed by atoms with Gasteiger partial charge in [-0.15, -0.1) is 11.3 Å². The zero-order valence-electron chi connectivity index (χ0n) is 36.1. The second-order valence-corrected chi connectivity index (χ2v) is 18.3. The lowest BCUT2D eigenvalue weighted by Gasteiger charge is -2.35. The van der Waals surface area contributed by atoms with E-state index in [1.807, 2.05) is 11.3 Å². The Morgan fingerprint density at radius 3 is 1.77 bits per heavy atom. The SMILES string of the molecule is CCC(C)C(N=C(c1ccccc1)C(CC)C(C)c1ccccc1)c1cc2c(cc1-c1cccc3c1sc1ccccc13)-c1ccccc1C2(c1ccccc1)c1ccccc1. The fourth-order valence-corrected chi connectivity index (χ4v) is 11.8.